The first-order chi connectivity index (χ1) is 9.15. The van der Waals surface area contributed by atoms with Gasteiger partial charge < -0.3 is 10.6 Å². The van der Waals surface area contributed by atoms with E-state index < -0.39 is 0 Å². The summed E-state index contributed by atoms with van der Waals surface area (Å²) < 4.78 is 1.89. The lowest BCUT2D eigenvalue weighted by Gasteiger charge is -2.21. The van der Waals surface area contributed by atoms with Gasteiger partial charge in [0.1, 0.15) is 0 Å². The van der Waals surface area contributed by atoms with Gasteiger partial charge in [-0.15, -0.1) is 0 Å². The Labute approximate surface area is 117 Å². The molecule has 1 fully saturated rings. The van der Waals surface area contributed by atoms with Crippen molar-refractivity contribution in [2.24, 2.45) is 7.05 Å². The van der Waals surface area contributed by atoms with Crippen LogP contribution in [0.25, 0.3) is 0 Å². The third-order valence-electron chi connectivity index (χ3n) is 4.06. The van der Waals surface area contributed by atoms with E-state index in [0.29, 0.717) is 12.1 Å². The van der Waals surface area contributed by atoms with Crippen molar-refractivity contribution in [3.63, 3.8) is 0 Å². The standard InChI is InChI=1S/C15H28N4/c1-12(9-15-7-5-4-6-8-16-15)17-10-14-11-19(3)18-13(14)2/h11-12,15-17H,4-10H2,1-3H3. The molecule has 2 rings (SSSR count). The van der Waals surface area contributed by atoms with Crippen LogP contribution in [0.2, 0.25) is 0 Å². The Morgan fingerprint density at radius 3 is 3.05 bits per heavy atom. The fraction of sp³-hybridized carbons (Fsp3) is 0.800. The summed E-state index contributed by atoms with van der Waals surface area (Å²) in [6, 6.07) is 1.25. The Morgan fingerprint density at radius 1 is 1.47 bits per heavy atom. The molecule has 2 atom stereocenters. The fourth-order valence-electron chi connectivity index (χ4n) is 2.92. The van der Waals surface area contributed by atoms with Crippen LogP contribution in [0.5, 0.6) is 0 Å². The highest BCUT2D eigenvalue weighted by atomic mass is 15.2. The normalized spacial score (nSPS) is 22.2. The van der Waals surface area contributed by atoms with Crippen LogP contribution in [0.4, 0.5) is 0 Å². The van der Waals surface area contributed by atoms with E-state index in [-0.39, 0.29) is 0 Å². The number of aryl methyl sites for hydroxylation is 2. The summed E-state index contributed by atoms with van der Waals surface area (Å²) in [6.45, 7) is 6.49. The molecule has 2 N–H and O–H groups in total. The van der Waals surface area contributed by atoms with Crippen molar-refractivity contribution in [3.05, 3.63) is 17.5 Å². The van der Waals surface area contributed by atoms with E-state index in [9.17, 15) is 0 Å². The highest BCUT2D eigenvalue weighted by Crippen LogP contribution is 2.13. The summed E-state index contributed by atoms with van der Waals surface area (Å²) in [7, 11) is 1.98. The molecule has 4 heteroatoms. The van der Waals surface area contributed by atoms with Crippen molar-refractivity contribution in [1.29, 1.82) is 0 Å². The highest BCUT2D eigenvalue weighted by molar-refractivity contribution is 5.14. The van der Waals surface area contributed by atoms with Crippen LogP contribution >= 0.6 is 0 Å². The number of hydrogen-bond donors (Lipinski definition) is 2. The maximum Gasteiger partial charge on any atom is 0.0638 e. The molecular weight excluding hydrogens is 236 g/mol. The van der Waals surface area contributed by atoms with Crippen molar-refractivity contribution < 1.29 is 0 Å². The Hall–Kier alpha value is -0.870. The molecule has 0 spiro atoms. The fourth-order valence-corrected chi connectivity index (χ4v) is 2.92. The zero-order valence-corrected chi connectivity index (χ0v) is 12.6. The molecule has 0 radical (unpaired) electrons. The molecule has 2 heterocycles. The summed E-state index contributed by atoms with van der Waals surface area (Å²) in [5.74, 6) is 0. The Morgan fingerprint density at radius 2 is 2.32 bits per heavy atom. The molecule has 1 aliphatic heterocycles. The van der Waals surface area contributed by atoms with Gasteiger partial charge in [0.15, 0.2) is 0 Å². The number of nitrogens with one attached hydrogen (secondary N) is 2. The molecule has 0 amide bonds. The number of aromatic nitrogens is 2. The largest absolute Gasteiger partial charge is 0.314 e. The van der Waals surface area contributed by atoms with E-state index in [2.05, 4.69) is 35.8 Å². The zero-order chi connectivity index (χ0) is 13.7. The third-order valence-corrected chi connectivity index (χ3v) is 4.06. The summed E-state index contributed by atoms with van der Waals surface area (Å²) in [5, 5.41) is 11.7. The van der Waals surface area contributed by atoms with Gasteiger partial charge in [0.25, 0.3) is 0 Å². The maximum atomic E-state index is 4.38. The molecule has 1 aromatic rings. The van der Waals surface area contributed by atoms with Crippen LogP contribution in [-0.2, 0) is 13.6 Å². The minimum atomic E-state index is 0.551. The molecule has 0 aliphatic carbocycles. The first-order valence-electron chi connectivity index (χ1n) is 7.61. The molecular formula is C15H28N4. The van der Waals surface area contributed by atoms with Crippen molar-refractivity contribution in [1.82, 2.24) is 20.4 Å². The van der Waals surface area contributed by atoms with Crippen LogP contribution in [0.1, 0.15) is 50.3 Å². The molecule has 4 nitrogen and oxygen atoms in total. The molecule has 1 saturated heterocycles. The number of nitrogens with zero attached hydrogens (tertiary/aromatic N) is 2. The van der Waals surface area contributed by atoms with Crippen LogP contribution < -0.4 is 10.6 Å². The molecule has 0 saturated carbocycles. The second-order valence-electron chi connectivity index (χ2n) is 5.93. The van der Waals surface area contributed by atoms with Crippen LogP contribution in [0, 0.1) is 6.92 Å². The average molecular weight is 264 g/mol. The topological polar surface area (TPSA) is 41.9 Å². The highest BCUT2D eigenvalue weighted by Gasteiger charge is 2.15. The average Bonchev–Trinajstić information content (AvgIpc) is 2.56. The molecule has 0 bridgehead atoms. The molecule has 108 valence electrons. The third kappa shape index (κ3) is 4.62. The predicted octanol–water partition coefficient (Wildman–Crippen LogP) is 2.13. The SMILES string of the molecule is Cc1nn(C)cc1CNC(C)CC1CCCCCN1. The molecule has 2 unspecified atom stereocenters. The zero-order valence-electron chi connectivity index (χ0n) is 12.6. The smallest absolute Gasteiger partial charge is 0.0638 e. The minimum absolute atomic E-state index is 0.551. The van der Waals surface area contributed by atoms with Gasteiger partial charge in [0.05, 0.1) is 5.69 Å². The first kappa shape index (κ1) is 14.5. The van der Waals surface area contributed by atoms with E-state index in [1.807, 2.05) is 11.7 Å². The Balaban J connectivity index is 1.74. The lowest BCUT2D eigenvalue weighted by molar-refractivity contribution is 0.402. The summed E-state index contributed by atoms with van der Waals surface area (Å²) in [6.07, 6.45) is 8.77. The lowest BCUT2D eigenvalue weighted by Crippen LogP contribution is -2.36. The van der Waals surface area contributed by atoms with Gasteiger partial charge in [-0.1, -0.05) is 12.8 Å². The van der Waals surface area contributed by atoms with Gasteiger partial charge in [0, 0.05) is 37.4 Å². The van der Waals surface area contributed by atoms with Crippen LogP contribution in [0.3, 0.4) is 0 Å². The molecule has 0 aromatic carbocycles. The second-order valence-corrected chi connectivity index (χ2v) is 5.93. The number of rotatable bonds is 5. The van der Waals surface area contributed by atoms with E-state index in [4.69, 9.17) is 0 Å². The second kappa shape index (κ2) is 7.06. The quantitative estimate of drug-likeness (QED) is 0.856. The number of hydrogen-bond acceptors (Lipinski definition) is 3. The van der Waals surface area contributed by atoms with E-state index in [0.717, 1.165) is 12.2 Å². The Bertz CT molecular complexity index is 377. The maximum absolute atomic E-state index is 4.38. The molecule has 1 aromatic heterocycles. The van der Waals surface area contributed by atoms with Gasteiger partial charge >= 0.3 is 0 Å². The monoisotopic (exact) mass is 264 g/mol. The first-order valence-corrected chi connectivity index (χ1v) is 7.61. The van der Waals surface area contributed by atoms with Gasteiger partial charge in [-0.2, -0.15) is 5.10 Å². The van der Waals surface area contributed by atoms with E-state index >= 15 is 0 Å². The van der Waals surface area contributed by atoms with Gasteiger partial charge in [-0.05, 0) is 39.7 Å². The summed E-state index contributed by atoms with van der Waals surface area (Å²) in [5.41, 5.74) is 2.44. The van der Waals surface area contributed by atoms with Crippen molar-refractivity contribution in [2.45, 2.75) is 64.6 Å². The lowest BCUT2D eigenvalue weighted by atomic mass is 10.0. The minimum Gasteiger partial charge on any atom is -0.314 e. The summed E-state index contributed by atoms with van der Waals surface area (Å²) >= 11 is 0. The van der Waals surface area contributed by atoms with Crippen molar-refractivity contribution >= 4 is 0 Å². The molecule has 1 aliphatic rings. The van der Waals surface area contributed by atoms with Gasteiger partial charge in [-0.3, -0.25) is 4.68 Å². The van der Waals surface area contributed by atoms with Gasteiger partial charge in [0.2, 0.25) is 0 Å². The van der Waals surface area contributed by atoms with Crippen LogP contribution in [0.15, 0.2) is 6.20 Å². The van der Waals surface area contributed by atoms with Gasteiger partial charge in [-0.25, -0.2) is 0 Å². The van der Waals surface area contributed by atoms with E-state index in [1.54, 1.807) is 0 Å². The predicted molar refractivity (Wildman–Crippen MR) is 79.1 cm³/mol. The van der Waals surface area contributed by atoms with E-state index in [1.165, 1.54) is 44.2 Å². The summed E-state index contributed by atoms with van der Waals surface area (Å²) in [4.78, 5) is 0. The Kier molecular flexibility index (Phi) is 5.40. The molecule has 19 heavy (non-hydrogen) atoms. The van der Waals surface area contributed by atoms with Crippen molar-refractivity contribution in [3.8, 4) is 0 Å². The van der Waals surface area contributed by atoms with Crippen LogP contribution in [-0.4, -0.2) is 28.4 Å². The van der Waals surface area contributed by atoms with Crippen molar-refractivity contribution in [2.75, 3.05) is 6.54 Å².